The maximum absolute atomic E-state index is 12.3. The van der Waals surface area contributed by atoms with E-state index >= 15 is 0 Å². The van der Waals surface area contributed by atoms with Gasteiger partial charge in [0.15, 0.2) is 5.83 Å². The van der Waals surface area contributed by atoms with E-state index in [1.165, 1.54) is 0 Å². The minimum atomic E-state index is -1.60. The Labute approximate surface area is 62.3 Å². The van der Waals surface area contributed by atoms with Crippen LogP contribution in [0.3, 0.4) is 0 Å². The molecule has 0 amide bonds. The third kappa shape index (κ3) is 5.56. The summed E-state index contributed by atoms with van der Waals surface area (Å²) in [7, 11) is -1.60. The molecule has 0 aromatic heterocycles. The lowest BCUT2D eigenvalue weighted by atomic mass is 10.6. The zero-order valence-corrected chi connectivity index (χ0v) is 7.65. The van der Waals surface area contributed by atoms with E-state index < -0.39 is 14.1 Å². The number of halogens is 1. The van der Waals surface area contributed by atoms with Gasteiger partial charge in [-0.2, -0.15) is 0 Å². The fraction of sp³-hybridized carbons (Fsp3) is 0.429. The van der Waals surface area contributed by atoms with Crippen molar-refractivity contribution in [2.24, 2.45) is 0 Å². The van der Waals surface area contributed by atoms with Crippen LogP contribution in [0, 0.1) is 0 Å². The molecule has 0 fully saturated rings. The lowest BCUT2D eigenvalue weighted by Crippen LogP contribution is -2.22. The predicted molar refractivity (Wildman–Crippen MR) is 43.8 cm³/mol. The van der Waals surface area contributed by atoms with Crippen molar-refractivity contribution in [3.63, 3.8) is 0 Å². The van der Waals surface area contributed by atoms with Crippen molar-refractivity contribution in [3.05, 3.63) is 24.7 Å². The van der Waals surface area contributed by atoms with Gasteiger partial charge in [-0.05, 0) is 25.7 Å². The Bertz CT molecular complexity index is 146. The zero-order chi connectivity index (χ0) is 8.20. The molecule has 0 aliphatic carbocycles. The van der Waals surface area contributed by atoms with E-state index in [2.05, 4.69) is 6.58 Å². The predicted octanol–water partition coefficient (Wildman–Crippen LogP) is 2.83. The molecular formula is C7H13FOSi. The topological polar surface area (TPSA) is 9.23 Å². The largest absolute Gasteiger partial charge is 0.547 e. The minimum Gasteiger partial charge on any atom is -0.547 e. The highest BCUT2D eigenvalue weighted by atomic mass is 28.4. The lowest BCUT2D eigenvalue weighted by Gasteiger charge is -2.14. The molecule has 0 saturated heterocycles. The number of rotatable bonds is 3. The highest BCUT2D eigenvalue weighted by Gasteiger charge is 2.13. The second-order valence-electron chi connectivity index (χ2n) is 2.94. The highest BCUT2D eigenvalue weighted by Crippen LogP contribution is 2.06. The van der Waals surface area contributed by atoms with E-state index in [4.69, 9.17) is 4.43 Å². The van der Waals surface area contributed by atoms with Gasteiger partial charge in [0.05, 0.1) is 0 Å². The molecule has 0 radical (unpaired) electrons. The summed E-state index contributed by atoms with van der Waals surface area (Å²) in [5, 5.41) is 0. The number of hydrogen-bond donors (Lipinski definition) is 0. The number of allylic oxidation sites excluding steroid dienone is 2. The van der Waals surface area contributed by atoms with Gasteiger partial charge in [0, 0.05) is 0 Å². The molecule has 0 saturated carbocycles. The molecule has 10 heavy (non-hydrogen) atoms. The molecule has 0 aromatic rings. The van der Waals surface area contributed by atoms with Gasteiger partial charge < -0.3 is 4.43 Å². The highest BCUT2D eigenvalue weighted by molar-refractivity contribution is 6.69. The third-order valence-electron chi connectivity index (χ3n) is 0.720. The first-order chi connectivity index (χ1) is 4.45. The molecule has 0 heterocycles. The Morgan fingerprint density at radius 1 is 1.50 bits per heavy atom. The van der Waals surface area contributed by atoms with Crippen molar-refractivity contribution in [3.8, 4) is 0 Å². The first kappa shape index (κ1) is 9.43. The summed E-state index contributed by atoms with van der Waals surface area (Å²) >= 11 is 0. The summed E-state index contributed by atoms with van der Waals surface area (Å²) in [6.07, 6.45) is 2.25. The molecule has 0 bridgehead atoms. The van der Waals surface area contributed by atoms with Crippen molar-refractivity contribution >= 4 is 8.32 Å². The molecule has 0 aliphatic heterocycles. The van der Waals surface area contributed by atoms with Gasteiger partial charge in [0.1, 0.15) is 6.26 Å². The lowest BCUT2D eigenvalue weighted by molar-refractivity contribution is 0.454. The van der Waals surface area contributed by atoms with E-state index in [-0.39, 0.29) is 0 Å². The Morgan fingerprint density at radius 2 is 2.00 bits per heavy atom. The smallest absolute Gasteiger partial charge is 0.241 e. The van der Waals surface area contributed by atoms with E-state index in [0.29, 0.717) is 0 Å². The van der Waals surface area contributed by atoms with Crippen LogP contribution in [0.2, 0.25) is 19.6 Å². The second kappa shape index (κ2) is 3.56. The second-order valence-corrected chi connectivity index (χ2v) is 7.40. The number of hydrogen-bond acceptors (Lipinski definition) is 1. The molecule has 0 rings (SSSR count). The molecule has 0 aliphatic rings. The van der Waals surface area contributed by atoms with Crippen molar-refractivity contribution < 1.29 is 8.82 Å². The summed E-state index contributed by atoms with van der Waals surface area (Å²) in [5.74, 6) is -0.414. The minimum absolute atomic E-state index is 0.414. The van der Waals surface area contributed by atoms with Gasteiger partial charge in [-0.25, -0.2) is 4.39 Å². The summed E-state index contributed by atoms with van der Waals surface area (Å²) in [5.41, 5.74) is 0. The first-order valence-electron chi connectivity index (χ1n) is 3.11. The first-order valence-corrected chi connectivity index (χ1v) is 6.52. The van der Waals surface area contributed by atoms with Crippen molar-refractivity contribution in [2.75, 3.05) is 0 Å². The molecule has 0 atom stereocenters. The quantitative estimate of drug-likeness (QED) is 0.350. The van der Waals surface area contributed by atoms with Gasteiger partial charge >= 0.3 is 0 Å². The maximum Gasteiger partial charge on any atom is 0.241 e. The van der Waals surface area contributed by atoms with Crippen molar-refractivity contribution in [1.82, 2.24) is 0 Å². The Balaban J connectivity index is 3.84. The fourth-order valence-electron chi connectivity index (χ4n) is 0.281. The van der Waals surface area contributed by atoms with Crippen LogP contribution in [-0.4, -0.2) is 8.32 Å². The van der Waals surface area contributed by atoms with Crippen LogP contribution in [-0.2, 0) is 4.43 Å². The average molecular weight is 160 g/mol. The summed E-state index contributed by atoms with van der Waals surface area (Å²) < 4.78 is 17.4. The molecular weight excluding hydrogens is 147 g/mol. The Kier molecular flexibility index (Phi) is 3.36. The SMILES string of the molecule is C=C/C(F)=C/O[Si](C)(C)C. The fourth-order valence-corrected chi connectivity index (χ4v) is 0.747. The average Bonchev–Trinajstić information content (AvgIpc) is 1.81. The van der Waals surface area contributed by atoms with Crippen LogP contribution in [0.25, 0.3) is 0 Å². The van der Waals surface area contributed by atoms with Crippen LogP contribution < -0.4 is 0 Å². The zero-order valence-electron chi connectivity index (χ0n) is 6.65. The molecule has 0 N–H and O–H groups in total. The van der Waals surface area contributed by atoms with Gasteiger partial charge in [0.25, 0.3) is 0 Å². The Morgan fingerprint density at radius 3 is 2.30 bits per heavy atom. The summed E-state index contributed by atoms with van der Waals surface area (Å²) in [6.45, 7) is 9.21. The van der Waals surface area contributed by atoms with E-state index in [0.717, 1.165) is 12.3 Å². The molecule has 58 valence electrons. The standard InChI is InChI=1S/C7H13FOSi/c1-5-7(8)6-9-10(2,3)4/h5-6H,1H2,2-4H3/b7-6-. The maximum atomic E-state index is 12.3. The van der Waals surface area contributed by atoms with E-state index in [1.54, 1.807) is 0 Å². The van der Waals surface area contributed by atoms with Crippen molar-refractivity contribution in [1.29, 1.82) is 0 Å². The van der Waals surface area contributed by atoms with E-state index in [9.17, 15) is 4.39 Å². The van der Waals surface area contributed by atoms with Gasteiger partial charge in [0.2, 0.25) is 8.32 Å². The molecule has 3 heteroatoms. The Hall–Kier alpha value is -0.573. The summed E-state index contributed by atoms with van der Waals surface area (Å²) in [4.78, 5) is 0. The molecule has 0 spiro atoms. The van der Waals surface area contributed by atoms with Crippen LogP contribution in [0.15, 0.2) is 24.7 Å². The van der Waals surface area contributed by atoms with Crippen LogP contribution >= 0.6 is 0 Å². The van der Waals surface area contributed by atoms with Gasteiger partial charge in [-0.1, -0.05) is 6.58 Å². The van der Waals surface area contributed by atoms with E-state index in [1.807, 2.05) is 19.6 Å². The third-order valence-corrected chi connectivity index (χ3v) is 1.55. The molecule has 0 aromatic carbocycles. The van der Waals surface area contributed by atoms with Crippen molar-refractivity contribution in [2.45, 2.75) is 19.6 Å². The van der Waals surface area contributed by atoms with Crippen LogP contribution in [0.4, 0.5) is 4.39 Å². The van der Waals surface area contributed by atoms with Gasteiger partial charge in [-0.3, -0.25) is 0 Å². The monoisotopic (exact) mass is 160 g/mol. The molecule has 0 unspecified atom stereocenters. The van der Waals surface area contributed by atoms with Crippen LogP contribution in [0.1, 0.15) is 0 Å². The summed E-state index contributed by atoms with van der Waals surface area (Å²) in [6, 6.07) is 0. The molecule has 1 nitrogen and oxygen atoms in total. The van der Waals surface area contributed by atoms with Crippen LogP contribution in [0.5, 0.6) is 0 Å². The normalized spacial score (nSPS) is 13.0. The van der Waals surface area contributed by atoms with Gasteiger partial charge in [-0.15, -0.1) is 0 Å².